The molecule has 8 nitrogen and oxygen atoms in total. The third-order valence-corrected chi connectivity index (χ3v) is 5.01. The molecule has 3 aromatic carbocycles. The molecule has 1 atom stereocenters. The molecule has 5 N–H and O–H groups in total. The average molecular weight is 471 g/mol. The molecule has 35 heavy (non-hydrogen) atoms. The number of halogens is 1. The van der Waals surface area contributed by atoms with Crippen molar-refractivity contribution in [2.24, 2.45) is 16.5 Å². The molecule has 0 bridgehead atoms. The molecular formula is C26H23FN6O2. The number of nitrogens with one attached hydrogen (secondary N) is 1. The maximum atomic E-state index is 13.1. The first-order valence-electron chi connectivity index (χ1n) is 10.8. The Hall–Kier alpha value is -4.63. The lowest BCUT2D eigenvalue weighted by Gasteiger charge is -2.14. The van der Waals surface area contributed by atoms with Crippen LogP contribution in [0.15, 0.2) is 96.0 Å². The summed E-state index contributed by atoms with van der Waals surface area (Å²) in [5.41, 5.74) is 14.8. The lowest BCUT2D eigenvalue weighted by atomic mass is 10.1. The molecule has 0 saturated heterocycles. The van der Waals surface area contributed by atoms with Crippen molar-refractivity contribution in [3.8, 4) is 17.0 Å². The van der Waals surface area contributed by atoms with Crippen LogP contribution in [0.2, 0.25) is 0 Å². The summed E-state index contributed by atoms with van der Waals surface area (Å²) in [6.07, 6.45) is -0.0904. The largest absolute Gasteiger partial charge is 0.424 e. The van der Waals surface area contributed by atoms with E-state index in [9.17, 15) is 9.18 Å². The van der Waals surface area contributed by atoms with E-state index >= 15 is 0 Å². The molecule has 0 saturated carbocycles. The molecule has 1 aromatic heterocycles. The molecule has 0 amide bonds. The summed E-state index contributed by atoms with van der Waals surface area (Å²) >= 11 is 0. The number of rotatable bonds is 7. The van der Waals surface area contributed by atoms with Crippen LogP contribution in [0.3, 0.4) is 0 Å². The van der Waals surface area contributed by atoms with E-state index in [-0.39, 0.29) is 23.9 Å². The molecule has 4 aromatic rings. The Labute approximate surface area is 201 Å². The Morgan fingerprint density at radius 3 is 2.37 bits per heavy atom. The van der Waals surface area contributed by atoms with Gasteiger partial charge in [0.25, 0.3) is 0 Å². The highest BCUT2D eigenvalue weighted by molar-refractivity contribution is 5.95. The Morgan fingerprint density at radius 2 is 1.66 bits per heavy atom. The van der Waals surface area contributed by atoms with Gasteiger partial charge in [0, 0.05) is 11.6 Å². The van der Waals surface area contributed by atoms with E-state index in [0.29, 0.717) is 22.8 Å². The Bertz CT molecular complexity index is 1310. The number of nitrogens with two attached hydrogens (primary N) is 2. The second-order valence-electron chi connectivity index (χ2n) is 7.60. The van der Waals surface area contributed by atoms with E-state index in [4.69, 9.17) is 16.2 Å². The van der Waals surface area contributed by atoms with Crippen molar-refractivity contribution in [2.45, 2.75) is 12.5 Å². The molecule has 4 rings (SSSR count). The molecule has 0 aliphatic heterocycles. The van der Waals surface area contributed by atoms with Crippen molar-refractivity contribution in [1.82, 2.24) is 10.2 Å². The SMILES string of the molecule is NC(=Nc1ccc(-c2ccccc2)nn1)Nc1ccccc1OC(=O)CC(N)c1ccc(F)cc1. The zero-order valence-electron chi connectivity index (χ0n) is 18.6. The summed E-state index contributed by atoms with van der Waals surface area (Å²) in [7, 11) is 0. The number of nitrogens with zero attached hydrogens (tertiary/aromatic N) is 3. The van der Waals surface area contributed by atoms with Gasteiger partial charge in [0.05, 0.1) is 17.8 Å². The van der Waals surface area contributed by atoms with Crippen molar-refractivity contribution in [2.75, 3.05) is 5.32 Å². The first-order chi connectivity index (χ1) is 17.0. The molecule has 9 heteroatoms. The lowest BCUT2D eigenvalue weighted by molar-refractivity contribution is -0.134. The fourth-order valence-electron chi connectivity index (χ4n) is 3.27. The standard InChI is InChI=1S/C26H23FN6O2/c27-19-12-10-17(11-13-19)20(28)16-25(34)35-23-9-5-4-8-22(23)30-26(29)31-24-15-14-21(32-33-24)18-6-2-1-3-7-18/h1-15,20H,16,28H2,(H3,29,30,31,33). The highest BCUT2D eigenvalue weighted by Gasteiger charge is 2.16. The number of guanidine groups is 1. The molecule has 0 spiro atoms. The summed E-state index contributed by atoms with van der Waals surface area (Å²) in [4.78, 5) is 16.7. The van der Waals surface area contributed by atoms with Crippen molar-refractivity contribution < 1.29 is 13.9 Å². The van der Waals surface area contributed by atoms with Gasteiger partial charge in [0.2, 0.25) is 0 Å². The van der Waals surface area contributed by atoms with Crippen molar-refractivity contribution in [3.63, 3.8) is 0 Å². The minimum absolute atomic E-state index is 0.0401. The van der Waals surface area contributed by atoms with Crippen LogP contribution in [-0.2, 0) is 4.79 Å². The quantitative estimate of drug-likeness (QED) is 0.159. The fourth-order valence-corrected chi connectivity index (χ4v) is 3.27. The number of carbonyl (C=O) groups is 1. The first kappa shape index (κ1) is 23.5. The molecule has 1 heterocycles. The van der Waals surface area contributed by atoms with Gasteiger partial charge in [-0.1, -0.05) is 54.6 Å². The number of carbonyl (C=O) groups excluding carboxylic acids is 1. The number of ether oxygens (including phenoxy) is 1. The van der Waals surface area contributed by atoms with Crippen LogP contribution in [-0.4, -0.2) is 22.1 Å². The second kappa shape index (κ2) is 11.0. The number of hydrogen-bond acceptors (Lipinski definition) is 6. The van der Waals surface area contributed by atoms with Crippen molar-refractivity contribution in [3.05, 3.63) is 102 Å². The fraction of sp³-hybridized carbons (Fsp3) is 0.0769. The number of anilines is 1. The Morgan fingerprint density at radius 1 is 0.943 bits per heavy atom. The molecule has 1 unspecified atom stereocenters. The maximum Gasteiger partial charge on any atom is 0.313 e. The van der Waals surface area contributed by atoms with Crippen molar-refractivity contribution in [1.29, 1.82) is 0 Å². The van der Waals surface area contributed by atoms with E-state index in [1.54, 1.807) is 36.4 Å². The molecule has 0 radical (unpaired) electrons. The third kappa shape index (κ3) is 6.46. The monoisotopic (exact) mass is 470 g/mol. The summed E-state index contributed by atoms with van der Waals surface area (Å²) < 4.78 is 18.6. The van der Waals surface area contributed by atoms with Gasteiger partial charge in [-0.2, -0.15) is 4.99 Å². The Balaban J connectivity index is 1.40. The Kier molecular flexibility index (Phi) is 7.39. The number of para-hydroxylation sites is 2. The third-order valence-electron chi connectivity index (χ3n) is 5.01. The van der Waals surface area contributed by atoms with Crippen LogP contribution in [0, 0.1) is 5.82 Å². The van der Waals surface area contributed by atoms with E-state index in [1.165, 1.54) is 24.3 Å². The molecular weight excluding hydrogens is 447 g/mol. The highest BCUT2D eigenvalue weighted by atomic mass is 19.1. The topological polar surface area (TPSA) is 129 Å². The predicted molar refractivity (Wildman–Crippen MR) is 132 cm³/mol. The highest BCUT2D eigenvalue weighted by Crippen LogP contribution is 2.25. The van der Waals surface area contributed by atoms with E-state index < -0.39 is 12.0 Å². The lowest BCUT2D eigenvalue weighted by Crippen LogP contribution is -2.23. The summed E-state index contributed by atoms with van der Waals surface area (Å²) in [6, 6.07) is 25.0. The van der Waals surface area contributed by atoms with Crippen molar-refractivity contribution >= 4 is 23.4 Å². The molecule has 0 aliphatic carbocycles. The zero-order chi connectivity index (χ0) is 24.6. The van der Waals surface area contributed by atoms with Crippen LogP contribution in [0.4, 0.5) is 15.9 Å². The number of aromatic nitrogens is 2. The number of benzene rings is 3. The number of aliphatic imine (C=N–C) groups is 1. The second-order valence-corrected chi connectivity index (χ2v) is 7.60. The van der Waals surface area contributed by atoms with Crippen LogP contribution >= 0.6 is 0 Å². The van der Waals surface area contributed by atoms with Gasteiger partial charge in [-0.05, 0) is 42.0 Å². The molecule has 176 valence electrons. The first-order valence-corrected chi connectivity index (χ1v) is 10.8. The van der Waals surface area contributed by atoms with E-state index in [1.807, 2.05) is 30.3 Å². The van der Waals surface area contributed by atoms with E-state index in [0.717, 1.165) is 5.56 Å². The summed E-state index contributed by atoms with van der Waals surface area (Å²) in [5, 5.41) is 11.2. The number of hydrogen-bond donors (Lipinski definition) is 3. The zero-order valence-corrected chi connectivity index (χ0v) is 18.6. The molecule has 0 fully saturated rings. The molecule has 0 aliphatic rings. The predicted octanol–water partition coefficient (Wildman–Crippen LogP) is 4.34. The van der Waals surface area contributed by atoms with E-state index in [2.05, 4.69) is 20.5 Å². The van der Waals surface area contributed by atoms with Crippen LogP contribution in [0.5, 0.6) is 5.75 Å². The van der Waals surface area contributed by atoms with Gasteiger partial charge >= 0.3 is 5.97 Å². The van der Waals surface area contributed by atoms with Gasteiger partial charge < -0.3 is 21.5 Å². The normalized spacial score (nSPS) is 12.1. The summed E-state index contributed by atoms with van der Waals surface area (Å²) in [5.74, 6) is -0.310. The smallest absolute Gasteiger partial charge is 0.313 e. The van der Waals surface area contributed by atoms with Gasteiger partial charge in [0.1, 0.15) is 5.82 Å². The average Bonchev–Trinajstić information content (AvgIpc) is 2.86. The van der Waals surface area contributed by atoms with Gasteiger partial charge in [-0.25, -0.2) is 4.39 Å². The summed E-state index contributed by atoms with van der Waals surface area (Å²) in [6.45, 7) is 0. The minimum atomic E-state index is -0.632. The minimum Gasteiger partial charge on any atom is -0.424 e. The van der Waals surface area contributed by atoms with Crippen LogP contribution in [0.1, 0.15) is 18.0 Å². The van der Waals surface area contributed by atoms with Crippen LogP contribution in [0.25, 0.3) is 11.3 Å². The van der Waals surface area contributed by atoms with Gasteiger partial charge in [0.15, 0.2) is 17.5 Å². The van der Waals surface area contributed by atoms with Crippen LogP contribution < -0.4 is 21.5 Å². The maximum absolute atomic E-state index is 13.1. The van der Waals surface area contributed by atoms with Gasteiger partial charge in [-0.3, -0.25) is 4.79 Å². The van der Waals surface area contributed by atoms with Gasteiger partial charge in [-0.15, -0.1) is 10.2 Å². The number of esters is 1.